The molecular weight excluding hydrogens is 473 g/mol. The maximum absolute atomic E-state index is 13.1. The molecule has 3 heterocycles. The van der Waals surface area contributed by atoms with E-state index in [1.54, 1.807) is 7.11 Å². The lowest BCUT2D eigenvalue weighted by atomic mass is 9.96. The lowest BCUT2D eigenvalue weighted by Gasteiger charge is -2.32. The van der Waals surface area contributed by atoms with Gasteiger partial charge in [-0.05, 0) is 73.8 Å². The van der Waals surface area contributed by atoms with Gasteiger partial charge in [-0.1, -0.05) is 23.7 Å². The fourth-order valence-corrected chi connectivity index (χ4v) is 5.66. The Balaban J connectivity index is 1.18. The van der Waals surface area contributed by atoms with Gasteiger partial charge in [0.1, 0.15) is 21.4 Å². The number of hydrogen-bond donors (Lipinski definition) is 1. The average molecular weight is 498 g/mol. The summed E-state index contributed by atoms with van der Waals surface area (Å²) in [6.45, 7) is 3.44. The van der Waals surface area contributed by atoms with E-state index in [9.17, 15) is 9.18 Å². The molecule has 0 radical (unpaired) electrons. The summed E-state index contributed by atoms with van der Waals surface area (Å²) >= 11 is 7.80. The predicted molar refractivity (Wildman–Crippen MR) is 135 cm³/mol. The summed E-state index contributed by atoms with van der Waals surface area (Å²) < 4.78 is 18.4. The van der Waals surface area contributed by atoms with Gasteiger partial charge in [-0.25, -0.2) is 9.37 Å². The van der Waals surface area contributed by atoms with E-state index >= 15 is 0 Å². The Morgan fingerprint density at radius 2 is 1.94 bits per heavy atom. The number of benzene rings is 2. The minimum atomic E-state index is -0.204. The lowest BCUT2D eigenvalue weighted by molar-refractivity contribution is 0.0939. The molecule has 8 heteroatoms. The summed E-state index contributed by atoms with van der Waals surface area (Å²) in [6, 6.07) is 14.3. The van der Waals surface area contributed by atoms with Crippen LogP contribution in [0, 0.1) is 11.7 Å². The predicted octanol–water partition coefficient (Wildman–Crippen LogP) is 5.89. The Bertz CT molecular complexity index is 1330. The molecule has 1 amide bonds. The number of carbonyl (C=O) groups excluding carboxylic acids is 1. The minimum absolute atomic E-state index is 0.0653. The number of hydrogen-bond acceptors (Lipinski definition) is 5. The third kappa shape index (κ3) is 4.87. The van der Waals surface area contributed by atoms with E-state index in [1.807, 2.05) is 36.4 Å². The Kier molecular flexibility index (Phi) is 6.68. The molecule has 1 aliphatic rings. The Labute approximate surface area is 206 Å². The molecule has 2 aromatic heterocycles. The third-order valence-electron chi connectivity index (χ3n) is 6.40. The molecule has 1 N–H and O–H groups in total. The first-order valence-corrected chi connectivity index (χ1v) is 12.5. The monoisotopic (exact) mass is 497 g/mol. The number of likely N-dealkylation sites (tertiary alicyclic amines) is 1. The highest BCUT2D eigenvalue weighted by Crippen LogP contribution is 2.35. The first-order valence-electron chi connectivity index (χ1n) is 11.3. The number of piperidine rings is 1. The second-order valence-corrected chi connectivity index (χ2v) is 10.1. The van der Waals surface area contributed by atoms with Crippen LogP contribution in [0.5, 0.6) is 5.75 Å². The number of methoxy groups -OCH3 is 1. The smallest absolute Gasteiger partial charge is 0.261 e. The zero-order valence-corrected chi connectivity index (χ0v) is 20.4. The van der Waals surface area contributed by atoms with Gasteiger partial charge < -0.3 is 10.1 Å². The van der Waals surface area contributed by atoms with Crippen molar-refractivity contribution < 1.29 is 13.9 Å². The van der Waals surface area contributed by atoms with Crippen molar-refractivity contribution in [3.05, 3.63) is 69.8 Å². The number of ether oxygens (including phenoxy) is 1. The van der Waals surface area contributed by atoms with Crippen LogP contribution in [0.4, 0.5) is 4.39 Å². The molecule has 0 unspecified atom stereocenters. The van der Waals surface area contributed by atoms with Gasteiger partial charge in [0.25, 0.3) is 5.91 Å². The summed E-state index contributed by atoms with van der Waals surface area (Å²) in [5.74, 6) is 0.767. The van der Waals surface area contributed by atoms with Crippen molar-refractivity contribution in [2.75, 3.05) is 26.7 Å². The molecule has 34 heavy (non-hydrogen) atoms. The van der Waals surface area contributed by atoms with E-state index in [1.165, 1.54) is 23.5 Å². The Morgan fingerprint density at radius 3 is 2.68 bits per heavy atom. The highest BCUT2D eigenvalue weighted by atomic mass is 35.5. The van der Waals surface area contributed by atoms with Crippen LogP contribution in [0.2, 0.25) is 5.02 Å². The van der Waals surface area contributed by atoms with Crippen molar-refractivity contribution in [2.24, 2.45) is 5.92 Å². The second-order valence-electron chi connectivity index (χ2n) is 8.70. The number of thiophene rings is 1. The van der Waals surface area contributed by atoms with Gasteiger partial charge in [0.05, 0.1) is 17.5 Å². The van der Waals surface area contributed by atoms with Gasteiger partial charge in [-0.15, -0.1) is 11.3 Å². The third-order valence-corrected chi connectivity index (χ3v) is 7.81. The molecule has 1 aliphatic heterocycles. The molecule has 0 spiro atoms. The first kappa shape index (κ1) is 23.0. The number of aromatic nitrogens is 1. The van der Waals surface area contributed by atoms with E-state index in [2.05, 4.69) is 15.2 Å². The highest BCUT2D eigenvalue weighted by molar-refractivity contribution is 7.20. The average Bonchev–Trinajstić information content (AvgIpc) is 3.27. The standard InChI is InChI=1S/C26H25ClFN3O2S/c1-33-21-7-4-18-12-19-13-22(34-26(19)30-24(18)23(21)27)25(32)29-14-16-8-10-31(11-9-16)15-17-2-5-20(28)6-3-17/h2-7,12-13,16H,8-11,14-15H2,1H3,(H,29,32). The van der Waals surface area contributed by atoms with Crippen molar-refractivity contribution in [3.63, 3.8) is 0 Å². The quantitative estimate of drug-likeness (QED) is 0.361. The molecule has 2 aromatic carbocycles. The van der Waals surface area contributed by atoms with E-state index in [0.717, 1.165) is 53.6 Å². The number of pyridine rings is 1. The Morgan fingerprint density at radius 1 is 1.18 bits per heavy atom. The summed E-state index contributed by atoms with van der Waals surface area (Å²) in [5.41, 5.74) is 1.80. The fraction of sp³-hybridized carbons (Fsp3) is 0.308. The van der Waals surface area contributed by atoms with E-state index < -0.39 is 0 Å². The number of nitrogens with one attached hydrogen (secondary N) is 1. The lowest BCUT2D eigenvalue weighted by Crippen LogP contribution is -2.38. The van der Waals surface area contributed by atoms with Crippen LogP contribution in [0.1, 0.15) is 28.1 Å². The van der Waals surface area contributed by atoms with Gasteiger partial charge in [0.2, 0.25) is 0 Å². The van der Waals surface area contributed by atoms with E-state index in [4.69, 9.17) is 16.3 Å². The van der Waals surface area contributed by atoms with Crippen LogP contribution in [0.3, 0.4) is 0 Å². The summed E-state index contributed by atoms with van der Waals surface area (Å²) in [4.78, 5) is 21.3. The zero-order chi connectivity index (χ0) is 23.7. The normalized spacial score (nSPS) is 15.1. The zero-order valence-electron chi connectivity index (χ0n) is 18.8. The topological polar surface area (TPSA) is 54.5 Å². The largest absolute Gasteiger partial charge is 0.495 e. The molecule has 1 saturated heterocycles. The molecule has 0 saturated carbocycles. The van der Waals surface area contributed by atoms with Crippen molar-refractivity contribution in [1.82, 2.24) is 15.2 Å². The molecule has 0 bridgehead atoms. The number of amides is 1. The van der Waals surface area contributed by atoms with E-state index in [0.29, 0.717) is 33.6 Å². The molecule has 0 atom stereocenters. The highest BCUT2D eigenvalue weighted by Gasteiger charge is 2.21. The maximum Gasteiger partial charge on any atom is 0.261 e. The van der Waals surface area contributed by atoms with Crippen LogP contribution in [-0.4, -0.2) is 42.5 Å². The number of nitrogens with zero attached hydrogens (tertiary/aromatic N) is 2. The number of halogens is 2. The summed E-state index contributed by atoms with van der Waals surface area (Å²) in [6.07, 6.45) is 2.06. The van der Waals surface area contributed by atoms with Crippen molar-refractivity contribution in [3.8, 4) is 5.75 Å². The van der Waals surface area contributed by atoms with E-state index in [-0.39, 0.29) is 11.7 Å². The van der Waals surface area contributed by atoms with Crippen molar-refractivity contribution in [2.45, 2.75) is 19.4 Å². The molecule has 0 aliphatic carbocycles. The van der Waals surface area contributed by atoms with Gasteiger partial charge in [0, 0.05) is 23.9 Å². The SMILES string of the molecule is COc1ccc2cc3cc(C(=O)NCC4CCN(Cc5ccc(F)cc5)CC4)sc3nc2c1Cl. The molecule has 5 nitrogen and oxygen atoms in total. The number of fused-ring (bicyclic) bond motifs is 2. The molecule has 1 fully saturated rings. The summed E-state index contributed by atoms with van der Waals surface area (Å²) in [7, 11) is 1.58. The first-order chi connectivity index (χ1) is 16.5. The van der Waals surface area contributed by atoms with Crippen molar-refractivity contribution in [1.29, 1.82) is 0 Å². The van der Waals surface area contributed by atoms with Crippen LogP contribution >= 0.6 is 22.9 Å². The van der Waals surface area contributed by atoms with Crippen LogP contribution in [0.25, 0.3) is 21.1 Å². The van der Waals surface area contributed by atoms with Crippen LogP contribution in [0.15, 0.2) is 48.5 Å². The van der Waals surface area contributed by atoms with Crippen molar-refractivity contribution >= 4 is 50.0 Å². The van der Waals surface area contributed by atoms with Crippen LogP contribution in [-0.2, 0) is 6.54 Å². The molecule has 176 valence electrons. The van der Waals surface area contributed by atoms with Gasteiger partial charge in [-0.3, -0.25) is 9.69 Å². The Hall–Kier alpha value is -2.74. The molecule has 4 aromatic rings. The molecular formula is C26H25ClFN3O2S. The van der Waals surface area contributed by atoms with Crippen LogP contribution < -0.4 is 10.1 Å². The van der Waals surface area contributed by atoms with Gasteiger partial charge in [0.15, 0.2) is 0 Å². The summed E-state index contributed by atoms with van der Waals surface area (Å²) in [5, 5.41) is 5.43. The second kappa shape index (κ2) is 9.86. The molecule has 5 rings (SSSR count). The maximum atomic E-state index is 13.1. The minimum Gasteiger partial charge on any atom is -0.495 e. The van der Waals surface area contributed by atoms with Gasteiger partial charge in [-0.2, -0.15) is 0 Å². The fourth-order valence-electron chi connectivity index (χ4n) is 4.44. The van der Waals surface area contributed by atoms with Gasteiger partial charge >= 0.3 is 0 Å². The number of rotatable bonds is 6. The number of carbonyl (C=O) groups is 1.